The van der Waals surface area contributed by atoms with Gasteiger partial charge in [0.25, 0.3) is 10.0 Å². The van der Waals surface area contributed by atoms with Crippen molar-refractivity contribution >= 4 is 50.7 Å². The number of sulfonamides is 1. The van der Waals surface area contributed by atoms with Crippen molar-refractivity contribution in [1.82, 2.24) is 10.2 Å². The Bertz CT molecular complexity index is 1790. The van der Waals surface area contributed by atoms with E-state index in [-0.39, 0.29) is 40.2 Å². The fourth-order valence-electron chi connectivity index (χ4n) is 5.12. The van der Waals surface area contributed by atoms with Crippen LogP contribution in [0.5, 0.6) is 11.5 Å². The van der Waals surface area contributed by atoms with Crippen LogP contribution in [0, 0.1) is 0 Å². The van der Waals surface area contributed by atoms with Gasteiger partial charge in [0.15, 0.2) is 11.5 Å². The van der Waals surface area contributed by atoms with Gasteiger partial charge in [-0.05, 0) is 53.9 Å². The summed E-state index contributed by atoms with van der Waals surface area (Å²) in [6.45, 7) is 1.78. The summed E-state index contributed by atoms with van der Waals surface area (Å²) in [6.07, 6.45) is 1.81. The van der Waals surface area contributed by atoms with E-state index in [2.05, 4.69) is 5.32 Å². The third-order valence-electron chi connectivity index (χ3n) is 7.70. The molecule has 0 aromatic heterocycles. The molecule has 4 aromatic carbocycles. The van der Waals surface area contributed by atoms with Crippen LogP contribution in [0.2, 0.25) is 10.0 Å². The molecule has 4 rings (SSSR count). The van der Waals surface area contributed by atoms with E-state index in [1.54, 1.807) is 42.5 Å². The number of nitrogens with zero attached hydrogens (tertiary/aromatic N) is 2. The normalized spacial score (nSPS) is 11.8. The van der Waals surface area contributed by atoms with Crippen molar-refractivity contribution in [2.75, 3.05) is 31.6 Å². The SMILES string of the molecule is CCCCNC(=O)[C@@H](Cc1ccccc1)N(Cc1ccc(Cl)c(Cl)c1)C(=O)CN(c1ccc(OC)c(OC)c1)S(=O)(=O)c1ccccc1. The Labute approximate surface area is 292 Å². The molecule has 9 nitrogen and oxygen atoms in total. The number of amides is 2. The molecule has 254 valence electrons. The molecule has 1 atom stereocenters. The third-order valence-corrected chi connectivity index (χ3v) is 10.2. The zero-order valence-electron chi connectivity index (χ0n) is 27.1. The van der Waals surface area contributed by atoms with Crippen LogP contribution in [-0.2, 0) is 32.6 Å². The highest BCUT2D eigenvalue weighted by Crippen LogP contribution is 2.34. The van der Waals surface area contributed by atoms with E-state index in [1.165, 1.54) is 43.4 Å². The van der Waals surface area contributed by atoms with E-state index in [1.807, 2.05) is 37.3 Å². The number of benzene rings is 4. The quantitative estimate of drug-likeness (QED) is 0.129. The summed E-state index contributed by atoms with van der Waals surface area (Å²) in [7, 11) is -1.38. The molecule has 0 saturated heterocycles. The molecule has 0 aliphatic heterocycles. The Morgan fingerprint density at radius 3 is 2.10 bits per heavy atom. The average molecular weight is 713 g/mol. The highest BCUT2D eigenvalue weighted by atomic mass is 35.5. The van der Waals surface area contributed by atoms with Crippen LogP contribution >= 0.6 is 23.2 Å². The molecular weight excluding hydrogens is 673 g/mol. The Balaban J connectivity index is 1.83. The summed E-state index contributed by atoms with van der Waals surface area (Å²) in [4.78, 5) is 29.9. The molecule has 2 amide bonds. The summed E-state index contributed by atoms with van der Waals surface area (Å²) in [5, 5.41) is 3.59. The average Bonchev–Trinajstić information content (AvgIpc) is 3.10. The second kappa shape index (κ2) is 17.2. The lowest BCUT2D eigenvalue weighted by Gasteiger charge is -2.34. The van der Waals surface area contributed by atoms with E-state index >= 15 is 0 Å². The Hall–Kier alpha value is -4.25. The largest absolute Gasteiger partial charge is 0.493 e. The summed E-state index contributed by atoms with van der Waals surface area (Å²) < 4.78 is 40.3. The Morgan fingerprint density at radius 2 is 1.48 bits per heavy atom. The first kappa shape index (κ1) is 36.6. The molecule has 12 heteroatoms. The molecule has 48 heavy (non-hydrogen) atoms. The van der Waals surface area contributed by atoms with Gasteiger partial charge in [-0.1, -0.05) is 91.1 Å². The van der Waals surface area contributed by atoms with Crippen molar-refractivity contribution in [3.05, 3.63) is 118 Å². The number of rotatable bonds is 16. The molecule has 0 bridgehead atoms. The van der Waals surface area contributed by atoms with Crippen LogP contribution in [0.3, 0.4) is 0 Å². The van der Waals surface area contributed by atoms with E-state index in [0.717, 1.165) is 22.7 Å². The van der Waals surface area contributed by atoms with Crippen LogP contribution in [0.15, 0.2) is 102 Å². The summed E-state index contributed by atoms with van der Waals surface area (Å²) in [6, 6.07) is 25.8. The monoisotopic (exact) mass is 711 g/mol. The predicted octanol–water partition coefficient (Wildman–Crippen LogP) is 6.76. The molecule has 0 fully saturated rings. The number of anilines is 1. The van der Waals surface area contributed by atoms with Crippen molar-refractivity contribution in [1.29, 1.82) is 0 Å². The van der Waals surface area contributed by atoms with Gasteiger partial charge in [-0.15, -0.1) is 0 Å². The lowest BCUT2D eigenvalue weighted by molar-refractivity contribution is -0.140. The minimum absolute atomic E-state index is 0.0123. The van der Waals surface area contributed by atoms with Gasteiger partial charge in [-0.25, -0.2) is 8.42 Å². The number of hydrogen-bond acceptors (Lipinski definition) is 6. The maximum atomic E-state index is 14.6. The van der Waals surface area contributed by atoms with Gasteiger partial charge in [0.05, 0.1) is 34.8 Å². The number of ether oxygens (including phenoxy) is 2. The van der Waals surface area contributed by atoms with E-state index in [0.29, 0.717) is 22.9 Å². The number of halogens is 2. The number of unbranched alkanes of at least 4 members (excludes halogenated alkanes) is 1. The number of methoxy groups -OCH3 is 2. The van der Waals surface area contributed by atoms with Gasteiger partial charge in [0.2, 0.25) is 11.8 Å². The van der Waals surface area contributed by atoms with Gasteiger partial charge >= 0.3 is 0 Å². The molecule has 0 aliphatic rings. The lowest BCUT2D eigenvalue weighted by atomic mass is 10.0. The molecule has 0 radical (unpaired) electrons. The second-order valence-corrected chi connectivity index (χ2v) is 13.7. The highest BCUT2D eigenvalue weighted by Gasteiger charge is 2.35. The molecule has 0 spiro atoms. The van der Waals surface area contributed by atoms with E-state index in [9.17, 15) is 18.0 Å². The predicted molar refractivity (Wildman–Crippen MR) is 189 cm³/mol. The molecule has 0 unspecified atom stereocenters. The smallest absolute Gasteiger partial charge is 0.264 e. The summed E-state index contributed by atoms with van der Waals surface area (Å²) in [5.74, 6) is -0.301. The molecule has 0 aliphatic carbocycles. The first-order valence-corrected chi connectivity index (χ1v) is 17.6. The zero-order valence-corrected chi connectivity index (χ0v) is 29.4. The van der Waals surface area contributed by atoms with Crippen molar-refractivity contribution in [3.8, 4) is 11.5 Å². The Morgan fingerprint density at radius 1 is 0.812 bits per heavy atom. The first-order valence-electron chi connectivity index (χ1n) is 15.4. The number of carbonyl (C=O) groups is 2. The Kier molecular flexibility index (Phi) is 13.1. The minimum Gasteiger partial charge on any atom is -0.493 e. The van der Waals surface area contributed by atoms with Crippen molar-refractivity contribution in [3.63, 3.8) is 0 Å². The summed E-state index contributed by atoms with van der Waals surface area (Å²) >= 11 is 12.5. The standard InChI is InChI=1S/C36H39Cl2N3O6S/c1-4-5-20-39-36(43)32(22-26-12-8-6-9-13-26)40(24-27-16-18-30(37)31(38)21-27)35(42)25-41(48(44,45)29-14-10-7-11-15-29)28-17-19-33(46-2)34(23-28)47-3/h6-19,21,23,32H,4-5,20,22,24-25H2,1-3H3,(H,39,43)/t32-/m1/s1. The number of hydrogen-bond donors (Lipinski definition) is 1. The minimum atomic E-state index is -4.28. The molecule has 0 saturated carbocycles. The van der Waals surface area contributed by atoms with Crippen LogP contribution in [-0.4, -0.2) is 58.5 Å². The summed E-state index contributed by atoms with van der Waals surface area (Å²) in [5.41, 5.74) is 1.61. The molecule has 1 N–H and O–H groups in total. The fraction of sp³-hybridized carbons (Fsp3) is 0.278. The van der Waals surface area contributed by atoms with Gasteiger partial charge in [-0.3, -0.25) is 13.9 Å². The fourth-order valence-corrected chi connectivity index (χ4v) is 6.87. The third kappa shape index (κ3) is 9.21. The van der Waals surface area contributed by atoms with Gasteiger partial charge in [0.1, 0.15) is 12.6 Å². The molecular formula is C36H39Cl2N3O6S. The zero-order chi connectivity index (χ0) is 34.7. The first-order chi connectivity index (χ1) is 23.1. The van der Waals surface area contributed by atoms with Crippen LogP contribution < -0.4 is 19.1 Å². The van der Waals surface area contributed by atoms with Crippen LogP contribution in [0.4, 0.5) is 5.69 Å². The second-order valence-electron chi connectivity index (χ2n) is 11.0. The maximum absolute atomic E-state index is 14.6. The highest BCUT2D eigenvalue weighted by molar-refractivity contribution is 7.92. The number of carbonyl (C=O) groups excluding carboxylic acids is 2. The maximum Gasteiger partial charge on any atom is 0.264 e. The van der Waals surface area contributed by atoms with E-state index < -0.39 is 28.5 Å². The van der Waals surface area contributed by atoms with Crippen LogP contribution in [0.25, 0.3) is 0 Å². The lowest BCUT2D eigenvalue weighted by Crippen LogP contribution is -2.53. The van der Waals surface area contributed by atoms with Gasteiger partial charge in [0, 0.05) is 25.6 Å². The van der Waals surface area contributed by atoms with Gasteiger partial charge < -0.3 is 19.7 Å². The van der Waals surface area contributed by atoms with Gasteiger partial charge in [-0.2, -0.15) is 0 Å². The van der Waals surface area contributed by atoms with Crippen molar-refractivity contribution in [2.45, 2.75) is 43.7 Å². The van der Waals surface area contributed by atoms with Crippen molar-refractivity contribution in [2.24, 2.45) is 0 Å². The molecule has 4 aromatic rings. The molecule has 0 heterocycles. The number of nitrogens with one attached hydrogen (secondary N) is 1. The van der Waals surface area contributed by atoms with E-state index in [4.69, 9.17) is 32.7 Å². The van der Waals surface area contributed by atoms with Crippen LogP contribution in [0.1, 0.15) is 30.9 Å². The van der Waals surface area contributed by atoms with Crippen molar-refractivity contribution < 1.29 is 27.5 Å². The topological polar surface area (TPSA) is 105 Å².